The molecule has 178 valence electrons. The molecule has 1 atom stereocenters. The number of rotatable bonds is 9. The Labute approximate surface area is 199 Å². The molecule has 0 radical (unpaired) electrons. The van der Waals surface area contributed by atoms with Crippen molar-refractivity contribution in [3.8, 4) is 17.2 Å². The standard InChI is InChI=1S/C27H29NO6/c1-30-22-14-9-15-23(31-2)25(22)33-17-16-28-26(29)24-18-32-19-27(34-24,20-10-5-3-6-11-20)21-12-7-4-8-13-21/h3-15,24H,16-19H2,1-2H3,(H,28,29). The number of nitrogens with one attached hydrogen (secondary N) is 1. The van der Waals surface area contributed by atoms with Crippen LogP contribution in [0.5, 0.6) is 17.2 Å². The first-order chi connectivity index (χ1) is 16.7. The van der Waals surface area contributed by atoms with E-state index >= 15 is 0 Å². The van der Waals surface area contributed by atoms with Crippen LogP contribution in [0.4, 0.5) is 0 Å². The van der Waals surface area contributed by atoms with Crippen LogP contribution in [0.3, 0.4) is 0 Å². The molecule has 0 aliphatic carbocycles. The maximum atomic E-state index is 13.0. The lowest BCUT2D eigenvalue weighted by atomic mass is 9.86. The second-order valence-electron chi connectivity index (χ2n) is 7.81. The Kier molecular flexibility index (Phi) is 7.67. The largest absolute Gasteiger partial charge is 0.493 e. The Hall–Kier alpha value is -3.55. The quantitative estimate of drug-likeness (QED) is 0.489. The Morgan fingerprint density at radius 1 is 0.912 bits per heavy atom. The molecule has 0 bridgehead atoms. The van der Waals surface area contributed by atoms with Crippen molar-refractivity contribution in [1.82, 2.24) is 5.32 Å². The number of para-hydroxylation sites is 1. The summed E-state index contributed by atoms with van der Waals surface area (Å²) >= 11 is 0. The van der Waals surface area contributed by atoms with E-state index in [9.17, 15) is 4.79 Å². The Bertz CT molecular complexity index is 1010. The Balaban J connectivity index is 1.42. The minimum absolute atomic E-state index is 0.175. The molecule has 1 amide bonds. The predicted octanol–water partition coefficient (Wildman–Crippen LogP) is 3.56. The second-order valence-corrected chi connectivity index (χ2v) is 7.81. The number of hydrogen-bond donors (Lipinski definition) is 1. The van der Waals surface area contributed by atoms with Crippen LogP contribution in [0.2, 0.25) is 0 Å². The van der Waals surface area contributed by atoms with Gasteiger partial charge in [-0.15, -0.1) is 0 Å². The van der Waals surface area contributed by atoms with Crippen LogP contribution < -0.4 is 19.5 Å². The van der Waals surface area contributed by atoms with Crippen molar-refractivity contribution in [3.63, 3.8) is 0 Å². The summed E-state index contributed by atoms with van der Waals surface area (Å²) in [6, 6.07) is 25.1. The zero-order chi connectivity index (χ0) is 23.8. The van der Waals surface area contributed by atoms with Crippen molar-refractivity contribution in [3.05, 3.63) is 90.0 Å². The maximum absolute atomic E-state index is 13.0. The van der Waals surface area contributed by atoms with Crippen molar-refractivity contribution < 1.29 is 28.5 Å². The second kappa shape index (κ2) is 11.0. The van der Waals surface area contributed by atoms with Crippen LogP contribution in [0, 0.1) is 0 Å². The summed E-state index contributed by atoms with van der Waals surface area (Å²) in [6.45, 7) is 1.01. The lowest BCUT2D eigenvalue weighted by molar-refractivity contribution is -0.191. The molecule has 0 saturated carbocycles. The fourth-order valence-electron chi connectivity index (χ4n) is 4.03. The molecular formula is C27H29NO6. The van der Waals surface area contributed by atoms with Crippen LogP contribution in [-0.4, -0.2) is 52.6 Å². The third kappa shape index (κ3) is 5.00. The number of hydrogen-bond acceptors (Lipinski definition) is 6. The molecule has 1 heterocycles. The fraction of sp³-hybridized carbons (Fsp3) is 0.296. The van der Waals surface area contributed by atoms with Crippen molar-refractivity contribution >= 4 is 5.91 Å². The van der Waals surface area contributed by atoms with Gasteiger partial charge in [0.05, 0.1) is 34.0 Å². The molecule has 1 saturated heterocycles. The Morgan fingerprint density at radius 2 is 1.50 bits per heavy atom. The summed E-state index contributed by atoms with van der Waals surface area (Å²) in [5.74, 6) is 1.35. The van der Waals surface area contributed by atoms with E-state index < -0.39 is 11.7 Å². The van der Waals surface area contributed by atoms with Gasteiger partial charge >= 0.3 is 0 Å². The van der Waals surface area contributed by atoms with Gasteiger partial charge in [0.1, 0.15) is 12.2 Å². The first kappa shape index (κ1) is 23.6. The molecule has 3 aromatic rings. The summed E-state index contributed by atoms with van der Waals surface area (Å²) < 4.78 is 28.9. The van der Waals surface area contributed by atoms with E-state index in [1.54, 1.807) is 26.4 Å². The van der Waals surface area contributed by atoms with E-state index in [0.717, 1.165) is 11.1 Å². The lowest BCUT2D eigenvalue weighted by Crippen LogP contribution is -2.52. The first-order valence-electron chi connectivity index (χ1n) is 11.2. The molecule has 1 N–H and O–H groups in total. The number of benzene rings is 3. The molecule has 34 heavy (non-hydrogen) atoms. The summed E-state index contributed by atoms with van der Waals surface area (Å²) in [5, 5.41) is 2.89. The molecule has 1 unspecified atom stereocenters. The van der Waals surface area contributed by atoms with Gasteiger partial charge in [0.2, 0.25) is 5.75 Å². The van der Waals surface area contributed by atoms with E-state index in [0.29, 0.717) is 23.9 Å². The molecule has 7 nitrogen and oxygen atoms in total. The highest BCUT2D eigenvalue weighted by atomic mass is 16.6. The first-order valence-corrected chi connectivity index (χ1v) is 11.2. The molecule has 3 aromatic carbocycles. The summed E-state index contributed by atoms with van der Waals surface area (Å²) in [5.41, 5.74) is 1.000. The van der Waals surface area contributed by atoms with Crippen LogP contribution >= 0.6 is 0 Å². The minimum Gasteiger partial charge on any atom is -0.493 e. The van der Waals surface area contributed by atoms with Gasteiger partial charge in [0.25, 0.3) is 5.91 Å². The van der Waals surface area contributed by atoms with Crippen LogP contribution in [0.1, 0.15) is 11.1 Å². The predicted molar refractivity (Wildman–Crippen MR) is 127 cm³/mol. The monoisotopic (exact) mass is 463 g/mol. The molecule has 1 aliphatic rings. The van der Waals surface area contributed by atoms with Crippen molar-refractivity contribution in [2.75, 3.05) is 40.6 Å². The number of methoxy groups -OCH3 is 2. The molecule has 0 spiro atoms. The number of amides is 1. The molecular weight excluding hydrogens is 434 g/mol. The third-order valence-corrected chi connectivity index (χ3v) is 5.72. The van der Waals surface area contributed by atoms with Crippen LogP contribution in [0.15, 0.2) is 78.9 Å². The van der Waals surface area contributed by atoms with Gasteiger partial charge in [-0.25, -0.2) is 0 Å². The Morgan fingerprint density at radius 3 is 2.06 bits per heavy atom. The molecule has 1 aliphatic heterocycles. The van der Waals surface area contributed by atoms with Crippen molar-refractivity contribution in [1.29, 1.82) is 0 Å². The zero-order valence-electron chi connectivity index (χ0n) is 19.4. The topological polar surface area (TPSA) is 75.2 Å². The summed E-state index contributed by atoms with van der Waals surface area (Å²) in [6.07, 6.45) is -0.769. The lowest BCUT2D eigenvalue weighted by Gasteiger charge is -2.41. The number of carbonyl (C=O) groups is 1. The van der Waals surface area contributed by atoms with Gasteiger partial charge in [-0.1, -0.05) is 66.7 Å². The highest BCUT2D eigenvalue weighted by Crippen LogP contribution is 2.38. The molecule has 0 aromatic heterocycles. The van der Waals surface area contributed by atoms with Gasteiger partial charge in [0, 0.05) is 0 Å². The normalized spacial score (nSPS) is 16.9. The van der Waals surface area contributed by atoms with Crippen molar-refractivity contribution in [2.45, 2.75) is 11.7 Å². The van der Waals surface area contributed by atoms with E-state index in [1.807, 2.05) is 66.7 Å². The van der Waals surface area contributed by atoms with Gasteiger partial charge in [0.15, 0.2) is 17.6 Å². The highest BCUT2D eigenvalue weighted by molar-refractivity contribution is 5.81. The van der Waals surface area contributed by atoms with Gasteiger partial charge in [-0.2, -0.15) is 0 Å². The van der Waals surface area contributed by atoms with Gasteiger partial charge in [-0.3, -0.25) is 4.79 Å². The average molecular weight is 464 g/mol. The minimum atomic E-state index is -0.871. The molecule has 4 rings (SSSR count). The zero-order valence-corrected chi connectivity index (χ0v) is 19.4. The van der Waals surface area contributed by atoms with E-state index in [2.05, 4.69) is 5.32 Å². The van der Waals surface area contributed by atoms with Crippen LogP contribution in [-0.2, 0) is 19.9 Å². The molecule has 1 fully saturated rings. The average Bonchev–Trinajstić information content (AvgIpc) is 2.91. The smallest absolute Gasteiger partial charge is 0.251 e. The van der Waals surface area contributed by atoms with Crippen molar-refractivity contribution in [2.24, 2.45) is 0 Å². The van der Waals surface area contributed by atoms with E-state index in [4.69, 9.17) is 23.7 Å². The molecule has 7 heteroatoms. The maximum Gasteiger partial charge on any atom is 0.251 e. The highest BCUT2D eigenvalue weighted by Gasteiger charge is 2.43. The fourth-order valence-corrected chi connectivity index (χ4v) is 4.03. The van der Waals surface area contributed by atoms with Gasteiger partial charge in [-0.05, 0) is 23.3 Å². The SMILES string of the molecule is COc1cccc(OC)c1OCCNC(=O)C1COCC(c2ccccc2)(c2ccccc2)O1. The van der Waals surface area contributed by atoms with Crippen LogP contribution in [0.25, 0.3) is 0 Å². The van der Waals surface area contributed by atoms with E-state index in [-0.39, 0.29) is 25.7 Å². The third-order valence-electron chi connectivity index (χ3n) is 5.72. The summed E-state index contributed by atoms with van der Waals surface area (Å²) in [4.78, 5) is 13.0. The number of carbonyl (C=O) groups excluding carboxylic acids is 1. The summed E-state index contributed by atoms with van der Waals surface area (Å²) in [7, 11) is 3.13. The number of ether oxygens (including phenoxy) is 5. The van der Waals surface area contributed by atoms with E-state index in [1.165, 1.54) is 0 Å². The van der Waals surface area contributed by atoms with Gasteiger partial charge < -0.3 is 29.0 Å².